The average molecular weight is 674 g/mol. The number of hydrogen-bond acceptors (Lipinski definition) is 9. The third kappa shape index (κ3) is 14.1. The molecule has 3 heterocycles. The van der Waals surface area contributed by atoms with E-state index in [1.807, 2.05) is 20.8 Å². The summed E-state index contributed by atoms with van der Waals surface area (Å²) in [6.07, 6.45) is 6.19. The summed E-state index contributed by atoms with van der Waals surface area (Å²) in [6.45, 7) is 33.3. The summed E-state index contributed by atoms with van der Waals surface area (Å²) in [6, 6.07) is 0.0432. The van der Waals surface area contributed by atoms with Crippen LogP contribution in [0.25, 0.3) is 0 Å². The van der Waals surface area contributed by atoms with Crippen LogP contribution >= 0.6 is 0 Å². The maximum absolute atomic E-state index is 11.7. The Morgan fingerprint density at radius 2 is 1.00 bits per heavy atom. The van der Waals surface area contributed by atoms with Gasteiger partial charge in [0.2, 0.25) is 0 Å². The fourth-order valence-corrected chi connectivity index (χ4v) is 11.3. The second kappa shape index (κ2) is 18.9. The van der Waals surface area contributed by atoms with Gasteiger partial charge in [-0.25, -0.2) is 0 Å². The van der Waals surface area contributed by atoms with E-state index in [0.29, 0.717) is 19.8 Å². The molecule has 0 saturated carbocycles. The van der Waals surface area contributed by atoms with Crippen LogP contribution in [0.4, 0.5) is 0 Å². The summed E-state index contributed by atoms with van der Waals surface area (Å²) in [4.78, 5) is 34.8. The van der Waals surface area contributed by atoms with Crippen molar-refractivity contribution in [1.29, 1.82) is 0 Å². The molecular formula is C32H67N3O6Si3. The lowest BCUT2D eigenvalue weighted by molar-refractivity contribution is -0.150. The van der Waals surface area contributed by atoms with Crippen molar-refractivity contribution in [3.63, 3.8) is 0 Å². The minimum absolute atomic E-state index is 0.000417. The minimum Gasteiger partial charge on any atom is -0.466 e. The minimum atomic E-state index is -1.35. The first-order valence-electron chi connectivity index (χ1n) is 17.1. The van der Waals surface area contributed by atoms with E-state index < -0.39 is 24.7 Å². The van der Waals surface area contributed by atoms with Crippen molar-refractivity contribution in [1.82, 2.24) is 13.7 Å². The molecule has 0 aromatic rings. The van der Waals surface area contributed by atoms with Crippen LogP contribution in [-0.4, -0.2) is 115 Å². The molecule has 3 saturated heterocycles. The Labute approximate surface area is 273 Å². The van der Waals surface area contributed by atoms with Gasteiger partial charge < -0.3 is 27.9 Å². The van der Waals surface area contributed by atoms with E-state index in [4.69, 9.17) is 14.2 Å². The molecule has 2 atom stereocenters. The quantitative estimate of drug-likeness (QED) is 0.165. The SMILES string of the molecule is CCOC(=O)C1CCCN([Si](C)(C)C)C1.CCOC(=O)C1CCCN1[Si](C)(C)C.CCOC(=O)C1CCN([Si](C)(C)C)CC1. The smallest absolute Gasteiger partial charge is 0.322 e. The molecule has 0 aromatic carbocycles. The van der Waals surface area contributed by atoms with Crippen LogP contribution in [0.5, 0.6) is 0 Å². The van der Waals surface area contributed by atoms with Gasteiger partial charge in [-0.2, -0.15) is 0 Å². The zero-order valence-electron chi connectivity index (χ0n) is 30.4. The molecule has 0 aliphatic carbocycles. The number of ether oxygens (including phenoxy) is 3. The lowest BCUT2D eigenvalue weighted by Crippen LogP contribution is -2.52. The van der Waals surface area contributed by atoms with Crippen LogP contribution in [0.1, 0.15) is 59.3 Å². The molecule has 0 bridgehead atoms. The van der Waals surface area contributed by atoms with E-state index in [0.717, 1.165) is 71.2 Å². The van der Waals surface area contributed by atoms with Gasteiger partial charge >= 0.3 is 17.9 Å². The van der Waals surface area contributed by atoms with E-state index in [9.17, 15) is 14.4 Å². The standard InChI is InChI=1S/2C11H23NO2Si.C10H21NO2Si/c1-5-14-11(13)10-6-8-12(9-7-10)15(2,3)4;1-5-14-11(13)10-7-6-8-12(9-10)15(2,3)4;1-5-13-10(12)9-7-6-8-11(9)14(2,3)4/h2*10H,5-9H2,1-4H3;9H,5-8H2,1-4H3. The molecule has 0 radical (unpaired) electrons. The molecular weight excluding hydrogens is 607 g/mol. The highest BCUT2D eigenvalue weighted by Crippen LogP contribution is 2.26. The number of esters is 3. The van der Waals surface area contributed by atoms with Crippen LogP contribution < -0.4 is 0 Å². The van der Waals surface area contributed by atoms with Gasteiger partial charge in [-0.3, -0.25) is 14.4 Å². The van der Waals surface area contributed by atoms with Gasteiger partial charge in [0.05, 0.1) is 31.7 Å². The first-order chi connectivity index (χ1) is 20.4. The Morgan fingerprint density at radius 3 is 1.45 bits per heavy atom. The zero-order valence-corrected chi connectivity index (χ0v) is 33.4. The Hall–Kier alpha value is -1.06. The first kappa shape index (κ1) is 41.0. The molecule has 0 aromatic heterocycles. The molecule has 0 spiro atoms. The molecule has 3 rings (SSSR count). The molecule has 258 valence electrons. The van der Waals surface area contributed by atoms with E-state index in [-0.39, 0.29) is 35.8 Å². The second-order valence-electron chi connectivity index (χ2n) is 15.2. The summed E-state index contributed by atoms with van der Waals surface area (Å²) in [5.41, 5.74) is 0. The molecule has 2 unspecified atom stereocenters. The third-order valence-electron chi connectivity index (χ3n) is 8.73. The molecule has 9 nitrogen and oxygen atoms in total. The van der Waals surface area contributed by atoms with Gasteiger partial charge in [0.25, 0.3) is 0 Å². The molecule has 3 aliphatic heterocycles. The number of rotatable bonds is 9. The highest BCUT2D eigenvalue weighted by Gasteiger charge is 2.39. The zero-order chi connectivity index (χ0) is 33.7. The van der Waals surface area contributed by atoms with Crippen LogP contribution in [0.2, 0.25) is 58.9 Å². The number of carbonyl (C=O) groups excluding carboxylic acids is 3. The van der Waals surface area contributed by atoms with Crippen molar-refractivity contribution in [2.45, 2.75) is 124 Å². The van der Waals surface area contributed by atoms with Crippen molar-refractivity contribution < 1.29 is 28.6 Å². The monoisotopic (exact) mass is 673 g/mol. The summed E-state index contributed by atoms with van der Waals surface area (Å²) in [5.74, 6) is 0.253. The van der Waals surface area contributed by atoms with Gasteiger partial charge in [-0.1, -0.05) is 58.9 Å². The number of carbonyl (C=O) groups is 3. The van der Waals surface area contributed by atoms with Gasteiger partial charge in [0.1, 0.15) is 30.7 Å². The predicted molar refractivity (Wildman–Crippen MR) is 188 cm³/mol. The largest absolute Gasteiger partial charge is 0.466 e. The van der Waals surface area contributed by atoms with E-state index >= 15 is 0 Å². The first-order valence-corrected chi connectivity index (χ1v) is 27.5. The number of piperidine rings is 2. The van der Waals surface area contributed by atoms with Gasteiger partial charge in [-0.05, 0) is 85.5 Å². The molecule has 0 N–H and O–H groups in total. The van der Waals surface area contributed by atoms with Crippen LogP contribution in [0.15, 0.2) is 0 Å². The molecule has 0 amide bonds. The lowest BCUT2D eigenvalue weighted by atomic mass is 9.98. The Balaban J connectivity index is 0.000000330. The number of hydrogen-bond donors (Lipinski definition) is 0. The molecule has 12 heteroatoms. The Morgan fingerprint density at radius 1 is 0.545 bits per heavy atom. The summed E-state index contributed by atoms with van der Waals surface area (Å²) < 4.78 is 22.7. The van der Waals surface area contributed by atoms with E-state index in [1.54, 1.807) is 0 Å². The van der Waals surface area contributed by atoms with Gasteiger partial charge in [-0.15, -0.1) is 0 Å². The highest BCUT2D eigenvalue weighted by molar-refractivity contribution is 6.74. The van der Waals surface area contributed by atoms with Crippen LogP contribution in [0.3, 0.4) is 0 Å². The van der Waals surface area contributed by atoms with Crippen molar-refractivity contribution >= 4 is 42.6 Å². The third-order valence-corrected chi connectivity index (χ3v) is 15.6. The normalized spacial score (nSPS) is 22.6. The fraction of sp³-hybridized carbons (Fsp3) is 0.906. The summed E-state index contributed by atoms with van der Waals surface area (Å²) >= 11 is 0. The summed E-state index contributed by atoms with van der Waals surface area (Å²) in [5, 5.41) is 0. The predicted octanol–water partition coefficient (Wildman–Crippen LogP) is 6.04. The van der Waals surface area contributed by atoms with E-state index in [2.05, 4.69) is 72.6 Å². The summed E-state index contributed by atoms with van der Waals surface area (Å²) in [7, 11) is -3.75. The average Bonchev–Trinajstić information content (AvgIpc) is 3.45. The van der Waals surface area contributed by atoms with E-state index in [1.165, 1.54) is 0 Å². The van der Waals surface area contributed by atoms with Crippen molar-refractivity contribution in [3.8, 4) is 0 Å². The molecule has 3 fully saturated rings. The maximum Gasteiger partial charge on any atom is 0.322 e. The fourth-order valence-electron chi connectivity index (χ4n) is 6.14. The Kier molecular flexibility index (Phi) is 17.6. The van der Waals surface area contributed by atoms with Gasteiger partial charge in [0, 0.05) is 6.54 Å². The van der Waals surface area contributed by atoms with Gasteiger partial charge in [0.15, 0.2) is 0 Å². The topological polar surface area (TPSA) is 88.6 Å². The van der Waals surface area contributed by atoms with Crippen molar-refractivity contribution in [2.75, 3.05) is 52.5 Å². The molecule has 44 heavy (non-hydrogen) atoms. The highest BCUT2D eigenvalue weighted by atomic mass is 28.3. The van der Waals surface area contributed by atoms with Crippen molar-refractivity contribution in [2.24, 2.45) is 11.8 Å². The van der Waals surface area contributed by atoms with Crippen LogP contribution in [0, 0.1) is 11.8 Å². The lowest BCUT2D eigenvalue weighted by Gasteiger charge is -2.39. The maximum atomic E-state index is 11.7. The molecule has 3 aliphatic rings. The van der Waals surface area contributed by atoms with Crippen LogP contribution in [-0.2, 0) is 28.6 Å². The Bertz CT molecular complexity index is 880. The second-order valence-corrected chi connectivity index (χ2v) is 30.0. The number of nitrogens with zero attached hydrogens (tertiary/aromatic N) is 3. The van der Waals surface area contributed by atoms with Crippen molar-refractivity contribution in [3.05, 3.63) is 0 Å².